The molecule has 1 fully saturated rings. The van der Waals surface area contributed by atoms with E-state index in [2.05, 4.69) is 0 Å². The second-order valence-corrected chi connectivity index (χ2v) is 7.89. The van der Waals surface area contributed by atoms with E-state index in [-0.39, 0.29) is 23.5 Å². The Kier molecular flexibility index (Phi) is 4.74. The number of benzene rings is 2. The first kappa shape index (κ1) is 17.8. The molecular formula is C21H20N2O3S. The van der Waals surface area contributed by atoms with Crippen molar-refractivity contribution in [3.05, 3.63) is 59.7 Å². The molecule has 0 aliphatic carbocycles. The van der Waals surface area contributed by atoms with Gasteiger partial charge < -0.3 is 4.90 Å². The summed E-state index contributed by atoms with van der Waals surface area (Å²) < 4.78 is 0. The predicted octanol–water partition coefficient (Wildman–Crippen LogP) is 3.27. The molecule has 1 unspecified atom stereocenters. The normalized spacial score (nSPS) is 18.9. The van der Waals surface area contributed by atoms with Gasteiger partial charge in [-0.25, -0.2) is 4.90 Å². The van der Waals surface area contributed by atoms with Crippen LogP contribution in [0.1, 0.15) is 28.8 Å². The third-order valence-electron chi connectivity index (χ3n) is 5.03. The summed E-state index contributed by atoms with van der Waals surface area (Å²) >= 11 is 1.40. The zero-order valence-corrected chi connectivity index (χ0v) is 15.9. The predicted molar refractivity (Wildman–Crippen MR) is 105 cm³/mol. The van der Waals surface area contributed by atoms with E-state index in [1.165, 1.54) is 16.7 Å². The molecule has 27 heavy (non-hydrogen) atoms. The Morgan fingerprint density at radius 1 is 1.11 bits per heavy atom. The van der Waals surface area contributed by atoms with E-state index in [1.54, 1.807) is 29.2 Å². The number of hydrogen-bond acceptors (Lipinski definition) is 4. The number of rotatable bonds is 3. The van der Waals surface area contributed by atoms with Crippen molar-refractivity contribution in [3.8, 4) is 0 Å². The minimum absolute atomic E-state index is 0.143. The number of amides is 3. The molecule has 5 nitrogen and oxygen atoms in total. The molecule has 0 bridgehead atoms. The van der Waals surface area contributed by atoms with Gasteiger partial charge in [0, 0.05) is 11.4 Å². The highest BCUT2D eigenvalue weighted by atomic mass is 32.2. The van der Waals surface area contributed by atoms with Gasteiger partial charge in [-0.3, -0.25) is 14.4 Å². The van der Waals surface area contributed by atoms with Gasteiger partial charge in [0.1, 0.15) is 6.04 Å². The number of carbonyl (C=O) groups excluding carboxylic acids is 3. The van der Waals surface area contributed by atoms with Gasteiger partial charge in [-0.15, -0.1) is 11.8 Å². The number of nitrogens with zero attached hydrogens (tertiary/aromatic N) is 2. The third kappa shape index (κ3) is 3.25. The van der Waals surface area contributed by atoms with E-state index >= 15 is 0 Å². The molecule has 0 saturated carbocycles. The maximum Gasteiger partial charge on any atom is 0.256 e. The zero-order valence-electron chi connectivity index (χ0n) is 15.1. The van der Waals surface area contributed by atoms with Crippen LogP contribution in [0.5, 0.6) is 0 Å². The minimum Gasteiger partial charge on any atom is -0.327 e. The highest BCUT2D eigenvalue weighted by Crippen LogP contribution is 2.33. The van der Waals surface area contributed by atoms with Crippen molar-refractivity contribution in [2.24, 2.45) is 0 Å². The summed E-state index contributed by atoms with van der Waals surface area (Å²) in [6, 6.07) is 14.3. The molecule has 2 heterocycles. The summed E-state index contributed by atoms with van der Waals surface area (Å²) in [4.78, 5) is 42.8. The molecule has 1 saturated heterocycles. The van der Waals surface area contributed by atoms with E-state index < -0.39 is 6.04 Å². The van der Waals surface area contributed by atoms with Gasteiger partial charge in [0.25, 0.3) is 11.8 Å². The van der Waals surface area contributed by atoms with Crippen LogP contribution >= 0.6 is 11.8 Å². The first-order valence-electron chi connectivity index (χ1n) is 9.02. The Morgan fingerprint density at radius 3 is 2.63 bits per heavy atom. The van der Waals surface area contributed by atoms with E-state index in [4.69, 9.17) is 0 Å². The molecule has 138 valence electrons. The highest BCUT2D eigenvalue weighted by molar-refractivity contribution is 8.00. The van der Waals surface area contributed by atoms with E-state index in [9.17, 15) is 14.4 Å². The average molecular weight is 380 g/mol. The molecule has 0 aromatic heterocycles. The minimum atomic E-state index is -0.543. The Labute approximate surface area is 162 Å². The fourth-order valence-electron chi connectivity index (χ4n) is 3.64. The molecule has 0 radical (unpaired) electrons. The molecule has 0 spiro atoms. The Balaban J connectivity index is 1.64. The summed E-state index contributed by atoms with van der Waals surface area (Å²) in [6.45, 7) is 2.57. The SMILES string of the molecule is Cc1ccc(SCC(=O)N2C(=O)C3CCCN3C(=O)c3ccccc32)cc1. The van der Waals surface area contributed by atoms with E-state index in [1.807, 2.05) is 31.2 Å². The average Bonchev–Trinajstić information content (AvgIpc) is 3.14. The largest absolute Gasteiger partial charge is 0.327 e. The fraction of sp³-hybridized carbons (Fsp3) is 0.286. The molecule has 4 rings (SSSR count). The number of hydrogen-bond donors (Lipinski definition) is 0. The van der Waals surface area contributed by atoms with Crippen LogP contribution in [0.3, 0.4) is 0 Å². The van der Waals surface area contributed by atoms with Crippen LogP contribution in [0, 0.1) is 6.92 Å². The summed E-state index contributed by atoms with van der Waals surface area (Å²) in [5, 5.41) is 0. The Morgan fingerprint density at radius 2 is 1.85 bits per heavy atom. The monoisotopic (exact) mass is 380 g/mol. The topological polar surface area (TPSA) is 57.7 Å². The van der Waals surface area contributed by atoms with Crippen LogP contribution in [-0.2, 0) is 9.59 Å². The van der Waals surface area contributed by atoms with Gasteiger partial charge in [-0.1, -0.05) is 29.8 Å². The number of fused-ring (bicyclic) bond motifs is 2. The van der Waals surface area contributed by atoms with Crippen LogP contribution in [-0.4, -0.2) is 41.0 Å². The highest BCUT2D eigenvalue weighted by Gasteiger charge is 2.43. The molecule has 3 amide bonds. The lowest BCUT2D eigenvalue weighted by molar-refractivity contribution is -0.127. The van der Waals surface area contributed by atoms with Crippen molar-refractivity contribution in [1.82, 2.24) is 4.90 Å². The van der Waals surface area contributed by atoms with Crippen LogP contribution in [0.25, 0.3) is 0 Å². The zero-order chi connectivity index (χ0) is 19.0. The van der Waals surface area contributed by atoms with Crippen molar-refractivity contribution in [2.45, 2.75) is 30.7 Å². The van der Waals surface area contributed by atoms with Gasteiger partial charge in [-0.05, 0) is 44.0 Å². The standard InChI is InChI=1S/C21H20N2O3S/c1-14-8-10-15(11-9-14)27-13-19(24)23-17-6-3-2-5-16(17)20(25)22-12-4-7-18(22)21(23)26/h2-3,5-6,8-11,18H,4,7,12-13H2,1H3. The summed E-state index contributed by atoms with van der Waals surface area (Å²) in [7, 11) is 0. The lowest BCUT2D eigenvalue weighted by Gasteiger charge is -2.24. The van der Waals surface area contributed by atoms with Crippen molar-refractivity contribution in [2.75, 3.05) is 17.2 Å². The summed E-state index contributed by atoms with van der Waals surface area (Å²) in [6.07, 6.45) is 1.39. The molecular weight excluding hydrogens is 360 g/mol. The first-order chi connectivity index (χ1) is 13.1. The van der Waals surface area contributed by atoms with Gasteiger partial charge in [0.2, 0.25) is 5.91 Å². The molecule has 2 aliphatic heterocycles. The van der Waals surface area contributed by atoms with Gasteiger partial charge in [0.05, 0.1) is 17.0 Å². The summed E-state index contributed by atoms with van der Waals surface area (Å²) in [5.41, 5.74) is 1.97. The van der Waals surface area contributed by atoms with Gasteiger partial charge >= 0.3 is 0 Å². The van der Waals surface area contributed by atoms with Crippen molar-refractivity contribution in [3.63, 3.8) is 0 Å². The van der Waals surface area contributed by atoms with Crippen LogP contribution in [0.4, 0.5) is 5.69 Å². The molecule has 2 aliphatic rings. The van der Waals surface area contributed by atoms with Crippen LogP contribution < -0.4 is 4.90 Å². The van der Waals surface area contributed by atoms with Gasteiger partial charge in [-0.2, -0.15) is 0 Å². The molecule has 1 atom stereocenters. The van der Waals surface area contributed by atoms with Crippen molar-refractivity contribution in [1.29, 1.82) is 0 Å². The Hall–Kier alpha value is -2.60. The lowest BCUT2D eigenvalue weighted by Crippen LogP contribution is -2.47. The first-order valence-corrected chi connectivity index (χ1v) is 10.0. The maximum absolute atomic E-state index is 13.1. The summed E-state index contributed by atoms with van der Waals surface area (Å²) in [5.74, 6) is -0.604. The molecule has 0 N–H and O–H groups in total. The second kappa shape index (κ2) is 7.19. The van der Waals surface area contributed by atoms with Crippen molar-refractivity contribution >= 4 is 35.2 Å². The molecule has 2 aromatic carbocycles. The van der Waals surface area contributed by atoms with E-state index in [0.29, 0.717) is 24.2 Å². The quantitative estimate of drug-likeness (QED) is 0.767. The van der Waals surface area contributed by atoms with Gasteiger partial charge in [0.15, 0.2) is 0 Å². The van der Waals surface area contributed by atoms with E-state index in [0.717, 1.165) is 16.9 Å². The Bertz CT molecular complexity index is 910. The third-order valence-corrected chi connectivity index (χ3v) is 6.02. The molecule has 6 heteroatoms. The van der Waals surface area contributed by atoms with Crippen LogP contribution in [0.2, 0.25) is 0 Å². The number of para-hydroxylation sites is 1. The number of thioether (sulfide) groups is 1. The lowest BCUT2D eigenvalue weighted by atomic mass is 10.1. The molecule has 2 aromatic rings. The maximum atomic E-state index is 13.1. The number of anilines is 1. The van der Waals surface area contributed by atoms with Crippen LogP contribution in [0.15, 0.2) is 53.4 Å². The number of carbonyl (C=O) groups is 3. The number of imide groups is 1. The fourth-order valence-corrected chi connectivity index (χ4v) is 4.39. The van der Waals surface area contributed by atoms with Crippen molar-refractivity contribution < 1.29 is 14.4 Å². The second-order valence-electron chi connectivity index (χ2n) is 6.84. The smallest absolute Gasteiger partial charge is 0.256 e. The number of aryl methyl sites for hydroxylation is 1.